The number of amides is 1. The molecule has 2 aromatic carbocycles. The lowest BCUT2D eigenvalue weighted by Gasteiger charge is -2.12. The third-order valence-corrected chi connectivity index (χ3v) is 4.10. The number of aromatic hydroxyl groups is 1. The van der Waals surface area contributed by atoms with Crippen molar-refractivity contribution in [2.24, 2.45) is 0 Å². The smallest absolute Gasteiger partial charge is 0.259 e. The summed E-state index contributed by atoms with van der Waals surface area (Å²) in [5.41, 5.74) is 1.29. The quantitative estimate of drug-likeness (QED) is 0.672. The van der Waals surface area contributed by atoms with Gasteiger partial charge in [0.15, 0.2) is 0 Å². The molecule has 3 aromatic rings. The molecule has 0 aliphatic carbocycles. The molecule has 1 amide bonds. The number of carbonyl (C=O) groups is 1. The van der Waals surface area contributed by atoms with Crippen molar-refractivity contribution in [1.82, 2.24) is 4.98 Å². The second kappa shape index (κ2) is 6.55. The number of nitrogens with one attached hydrogen (secondary N) is 1. The molecule has 0 radical (unpaired) electrons. The summed E-state index contributed by atoms with van der Waals surface area (Å²) in [5.74, 6) is -0.0370. The van der Waals surface area contributed by atoms with E-state index in [0.29, 0.717) is 32.9 Å². The number of phenols is 1. The highest BCUT2D eigenvalue weighted by molar-refractivity contribution is 6.35. The zero-order chi connectivity index (χ0) is 17.3. The Bertz CT molecular complexity index is 945. The van der Waals surface area contributed by atoms with Gasteiger partial charge in [0.1, 0.15) is 11.5 Å². The van der Waals surface area contributed by atoms with Gasteiger partial charge in [0.25, 0.3) is 5.91 Å². The van der Waals surface area contributed by atoms with Crippen molar-refractivity contribution in [3.05, 3.63) is 58.2 Å². The molecule has 0 spiro atoms. The maximum absolute atomic E-state index is 12.6. The van der Waals surface area contributed by atoms with Crippen LogP contribution in [-0.2, 0) is 0 Å². The largest absolute Gasteiger partial charge is 0.508 e. The minimum atomic E-state index is -0.416. The van der Waals surface area contributed by atoms with Crippen LogP contribution in [0.25, 0.3) is 10.9 Å². The van der Waals surface area contributed by atoms with Crippen LogP contribution in [0, 0.1) is 0 Å². The van der Waals surface area contributed by atoms with E-state index in [1.54, 1.807) is 24.4 Å². The average molecular weight is 363 g/mol. The predicted octanol–water partition coefficient (Wildman–Crippen LogP) is 4.51. The number of anilines is 1. The zero-order valence-electron chi connectivity index (χ0n) is 12.5. The topological polar surface area (TPSA) is 71.5 Å². The van der Waals surface area contributed by atoms with E-state index in [2.05, 4.69) is 10.3 Å². The van der Waals surface area contributed by atoms with E-state index in [0.717, 1.165) is 0 Å². The number of hydrogen-bond donors (Lipinski definition) is 2. The molecule has 1 aromatic heterocycles. The van der Waals surface area contributed by atoms with Gasteiger partial charge in [0.05, 0.1) is 33.9 Å². The Morgan fingerprint density at radius 2 is 1.96 bits per heavy atom. The SMILES string of the molecule is COc1cc2nccc(Cl)c2cc1C(=O)Nc1ccc(O)cc1Cl. The maximum Gasteiger partial charge on any atom is 0.259 e. The van der Waals surface area contributed by atoms with Gasteiger partial charge in [-0.05, 0) is 24.3 Å². The van der Waals surface area contributed by atoms with Crippen molar-refractivity contribution in [2.45, 2.75) is 0 Å². The van der Waals surface area contributed by atoms with Crippen LogP contribution >= 0.6 is 23.2 Å². The number of phenolic OH excluding ortho intramolecular Hbond substituents is 1. The van der Waals surface area contributed by atoms with Crippen LogP contribution in [0.15, 0.2) is 42.6 Å². The third kappa shape index (κ3) is 3.09. The fourth-order valence-electron chi connectivity index (χ4n) is 2.28. The number of halogens is 2. The summed E-state index contributed by atoms with van der Waals surface area (Å²) < 4.78 is 5.28. The lowest BCUT2D eigenvalue weighted by molar-refractivity contribution is 0.102. The second-order valence-electron chi connectivity index (χ2n) is 4.98. The Hall–Kier alpha value is -2.50. The number of aromatic nitrogens is 1. The van der Waals surface area contributed by atoms with E-state index in [4.69, 9.17) is 27.9 Å². The molecule has 1 heterocycles. The Balaban J connectivity index is 2.03. The highest BCUT2D eigenvalue weighted by Gasteiger charge is 2.16. The molecule has 0 aliphatic rings. The van der Waals surface area contributed by atoms with Crippen LogP contribution in [0.4, 0.5) is 5.69 Å². The van der Waals surface area contributed by atoms with Gasteiger partial charge in [0.2, 0.25) is 0 Å². The molecule has 5 nitrogen and oxygen atoms in total. The Kier molecular flexibility index (Phi) is 4.46. The van der Waals surface area contributed by atoms with E-state index < -0.39 is 5.91 Å². The van der Waals surface area contributed by atoms with Crippen molar-refractivity contribution in [1.29, 1.82) is 0 Å². The second-order valence-corrected chi connectivity index (χ2v) is 5.80. The van der Waals surface area contributed by atoms with Crippen LogP contribution < -0.4 is 10.1 Å². The first-order chi connectivity index (χ1) is 11.5. The molecular formula is C17H12Cl2N2O3. The van der Waals surface area contributed by atoms with Gasteiger partial charge in [-0.1, -0.05) is 23.2 Å². The van der Waals surface area contributed by atoms with Gasteiger partial charge in [-0.15, -0.1) is 0 Å². The monoisotopic (exact) mass is 362 g/mol. The van der Waals surface area contributed by atoms with E-state index in [1.807, 2.05) is 0 Å². The molecule has 0 atom stereocenters. The highest BCUT2D eigenvalue weighted by atomic mass is 35.5. The molecule has 7 heteroatoms. The summed E-state index contributed by atoms with van der Waals surface area (Å²) in [6, 6.07) is 9.20. The number of fused-ring (bicyclic) bond motifs is 1. The fraction of sp³-hybridized carbons (Fsp3) is 0.0588. The number of carbonyl (C=O) groups excluding carboxylic acids is 1. The number of hydrogen-bond acceptors (Lipinski definition) is 4. The van der Waals surface area contributed by atoms with Gasteiger partial charge in [-0.2, -0.15) is 0 Å². The summed E-state index contributed by atoms with van der Waals surface area (Å²) >= 11 is 12.2. The average Bonchev–Trinajstić information content (AvgIpc) is 2.56. The molecule has 0 bridgehead atoms. The first-order valence-corrected chi connectivity index (χ1v) is 7.67. The zero-order valence-corrected chi connectivity index (χ0v) is 14.0. The number of nitrogens with zero attached hydrogens (tertiary/aromatic N) is 1. The molecule has 122 valence electrons. The Morgan fingerprint density at radius 3 is 2.67 bits per heavy atom. The van der Waals surface area contributed by atoms with Gasteiger partial charge in [-0.25, -0.2) is 0 Å². The number of rotatable bonds is 3. The predicted molar refractivity (Wildman–Crippen MR) is 94.4 cm³/mol. The minimum absolute atomic E-state index is 0.0131. The van der Waals surface area contributed by atoms with Crippen LogP contribution in [0.1, 0.15) is 10.4 Å². The first kappa shape index (κ1) is 16.4. The lowest BCUT2D eigenvalue weighted by atomic mass is 10.1. The van der Waals surface area contributed by atoms with Gasteiger partial charge in [-0.3, -0.25) is 9.78 Å². The number of pyridine rings is 1. The molecule has 2 N–H and O–H groups in total. The van der Waals surface area contributed by atoms with Crippen LogP contribution in [-0.4, -0.2) is 23.1 Å². The standard InChI is InChI=1S/C17H12Cl2N2O3/c1-24-16-8-15-10(12(18)4-5-20-15)7-11(16)17(23)21-14-3-2-9(22)6-13(14)19/h2-8,22H,1H3,(H,21,23). The van der Waals surface area contributed by atoms with Crippen LogP contribution in [0.3, 0.4) is 0 Å². The Labute approximate surface area is 147 Å². The summed E-state index contributed by atoms with van der Waals surface area (Å²) in [7, 11) is 1.47. The molecular weight excluding hydrogens is 351 g/mol. The van der Waals surface area contributed by atoms with Crippen molar-refractivity contribution in [2.75, 3.05) is 12.4 Å². The molecule has 0 saturated heterocycles. The summed E-state index contributed by atoms with van der Waals surface area (Å²) in [6.07, 6.45) is 1.58. The van der Waals surface area contributed by atoms with E-state index in [9.17, 15) is 9.90 Å². The molecule has 0 saturated carbocycles. The fourth-order valence-corrected chi connectivity index (χ4v) is 2.71. The highest BCUT2D eigenvalue weighted by Crippen LogP contribution is 2.31. The molecule has 0 unspecified atom stereocenters. The molecule has 3 rings (SSSR count). The molecule has 24 heavy (non-hydrogen) atoms. The third-order valence-electron chi connectivity index (χ3n) is 3.46. The van der Waals surface area contributed by atoms with E-state index in [-0.39, 0.29) is 10.8 Å². The summed E-state index contributed by atoms with van der Waals surface area (Å²) in [6.45, 7) is 0. The van der Waals surface area contributed by atoms with Crippen LogP contribution in [0.5, 0.6) is 11.5 Å². The normalized spacial score (nSPS) is 10.6. The number of ether oxygens (including phenoxy) is 1. The van der Waals surface area contributed by atoms with Gasteiger partial charge < -0.3 is 15.2 Å². The first-order valence-electron chi connectivity index (χ1n) is 6.91. The minimum Gasteiger partial charge on any atom is -0.508 e. The van der Waals surface area contributed by atoms with E-state index in [1.165, 1.54) is 25.3 Å². The maximum atomic E-state index is 12.6. The van der Waals surface area contributed by atoms with Crippen molar-refractivity contribution in [3.63, 3.8) is 0 Å². The molecule has 0 fully saturated rings. The lowest BCUT2D eigenvalue weighted by Crippen LogP contribution is -2.13. The van der Waals surface area contributed by atoms with Crippen molar-refractivity contribution < 1.29 is 14.6 Å². The van der Waals surface area contributed by atoms with Crippen molar-refractivity contribution >= 4 is 45.7 Å². The Morgan fingerprint density at radius 1 is 1.17 bits per heavy atom. The van der Waals surface area contributed by atoms with Crippen molar-refractivity contribution in [3.8, 4) is 11.5 Å². The number of methoxy groups -OCH3 is 1. The summed E-state index contributed by atoms with van der Waals surface area (Å²) in [5, 5.41) is 13.4. The van der Waals surface area contributed by atoms with Gasteiger partial charge in [0, 0.05) is 23.7 Å². The summed E-state index contributed by atoms with van der Waals surface area (Å²) in [4.78, 5) is 16.8. The van der Waals surface area contributed by atoms with E-state index >= 15 is 0 Å². The number of benzene rings is 2. The van der Waals surface area contributed by atoms with Crippen LogP contribution in [0.2, 0.25) is 10.0 Å². The molecule has 0 aliphatic heterocycles. The van der Waals surface area contributed by atoms with Gasteiger partial charge >= 0.3 is 0 Å².